The van der Waals surface area contributed by atoms with E-state index >= 15 is 0 Å². The van der Waals surface area contributed by atoms with Gasteiger partial charge in [0.25, 0.3) is 5.91 Å². The van der Waals surface area contributed by atoms with Gasteiger partial charge in [0, 0.05) is 4.88 Å². The minimum absolute atomic E-state index is 0.0550. The summed E-state index contributed by atoms with van der Waals surface area (Å²) < 4.78 is 0. The van der Waals surface area contributed by atoms with Crippen molar-refractivity contribution < 1.29 is 9.63 Å². The van der Waals surface area contributed by atoms with E-state index in [0.29, 0.717) is 0 Å². The van der Waals surface area contributed by atoms with Gasteiger partial charge in [-0.05, 0) is 41.8 Å². The van der Waals surface area contributed by atoms with Gasteiger partial charge in [0.05, 0.1) is 12.3 Å². The lowest BCUT2D eigenvalue weighted by Crippen LogP contribution is -2.33. The predicted octanol–water partition coefficient (Wildman–Crippen LogP) is 3.29. The Balaban J connectivity index is 1.50. The second kappa shape index (κ2) is 7.22. The molecule has 0 saturated carbocycles. The molecule has 0 bridgehead atoms. The van der Waals surface area contributed by atoms with E-state index in [1.54, 1.807) is 17.6 Å². The van der Waals surface area contributed by atoms with Gasteiger partial charge in [-0.3, -0.25) is 4.79 Å². The predicted molar refractivity (Wildman–Crippen MR) is 88.1 cm³/mol. The molecule has 3 rings (SSSR count). The maximum absolute atomic E-state index is 12.0. The van der Waals surface area contributed by atoms with Crippen LogP contribution in [0.25, 0.3) is 0 Å². The third kappa shape index (κ3) is 3.74. The summed E-state index contributed by atoms with van der Waals surface area (Å²) in [6, 6.07) is 12.3. The molecule has 1 amide bonds. The molecule has 22 heavy (non-hydrogen) atoms. The van der Waals surface area contributed by atoms with Crippen molar-refractivity contribution in [2.75, 3.05) is 6.61 Å². The first-order valence-electron chi connectivity index (χ1n) is 7.39. The van der Waals surface area contributed by atoms with Crippen LogP contribution < -0.4 is 5.32 Å². The Kier molecular flexibility index (Phi) is 4.85. The number of hydrogen-bond donors (Lipinski definition) is 1. The molecule has 5 heteroatoms. The van der Waals surface area contributed by atoms with Gasteiger partial charge < -0.3 is 10.2 Å². The maximum atomic E-state index is 12.0. The van der Waals surface area contributed by atoms with Crippen molar-refractivity contribution in [2.24, 2.45) is 5.16 Å². The minimum atomic E-state index is -0.134. The summed E-state index contributed by atoms with van der Waals surface area (Å²) in [5.41, 5.74) is 2.56. The van der Waals surface area contributed by atoms with E-state index in [1.165, 1.54) is 11.1 Å². The molecule has 1 atom stereocenters. The number of amides is 1. The van der Waals surface area contributed by atoms with Crippen molar-refractivity contribution in [1.29, 1.82) is 0 Å². The molecule has 1 N–H and O–H groups in total. The fraction of sp³-hybridized carbons (Fsp3) is 0.294. The van der Waals surface area contributed by atoms with Gasteiger partial charge in [0.15, 0.2) is 6.61 Å². The molecule has 0 spiro atoms. The molecule has 2 aromatic rings. The zero-order chi connectivity index (χ0) is 15.2. The number of oxime groups is 1. The van der Waals surface area contributed by atoms with Gasteiger partial charge in [-0.2, -0.15) is 0 Å². The van der Waals surface area contributed by atoms with Gasteiger partial charge in [-0.25, -0.2) is 0 Å². The highest BCUT2D eigenvalue weighted by Gasteiger charge is 2.21. The number of aryl methyl sites for hydroxylation is 1. The van der Waals surface area contributed by atoms with Crippen LogP contribution in [0.15, 0.2) is 46.9 Å². The summed E-state index contributed by atoms with van der Waals surface area (Å²) in [5.74, 6) is -0.134. The number of rotatable bonds is 5. The zero-order valence-electron chi connectivity index (χ0n) is 12.2. The van der Waals surface area contributed by atoms with Crippen molar-refractivity contribution in [3.05, 3.63) is 57.8 Å². The van der Waals surface area contributed by atoms with Gasteiger partial charge in [-0.15, -0.1) is 11.3 Å². The average Bonchev–Trinajstić information content (AvgIpc) is 3.05. The molecule has 0 radical (unpaired) electrons. The Morgan fingerprint density at radius 3 is 3.14 bits per heavy atom. The first-order chi connectivity index (χ1) is 10.8. The van der Waals surface area contributed by atoms with E-state index in [-0.39, 0.29) is 18.6 Å². The van der Waals surface area contributed by atoms with Gasteiger partial charge in [-0.1, -0.05) is 35.5 Å². The number of benzene rings is 1. The van der Waals surface area contributed by atoms with Crippen LogP contribution in [0.3, 0.4) is 0 Å². The Hall–Kier alpha value is -2.14. The largest absolute Gasteiger partial charge is 0.386 e. The lowest BCUT2D eigenvalue weighted by Gasteiger charge is -2.26. The van der Waals surface area contributed by atoms with Gasteiger partial charge in [0.2, 0.25) is 0 Å². The summed E-state index contributed by atoms with van der Waals surface area (Å²) >= 11 is 1.57. The lowest BCUT2D eigenvalue weighted by atomic mass is 9.88. The average molecular weight is 314 g/mol. The lowest BCUT2D eigenvalue weighted by molar-refractivity contribution is -0.126. The molecule has 1 aromatic heterocycles. The highest BCUT2D eigenvalue weighted by atomic mass is 32.1. The molecular formula is C17H18N2O2S. The minimum Gasteiger partial charge on any atom is -0.386 e. The first-order valence-corrected chi connectivity index (χ1v) is 8.27. The molecule has 0 fully saturated rings. The van der Waals surface area contributed by atoms with Gasteiger partial charge >= 0.3 is 0 Å². The van der Waals surface area contributed by atoms with Crippen LogP contribution in [0.1, 0.15) is 34.9 Å². The smallest absolute Gasteiger partial charge is 0.261 e. The highest BCUT2D eigenvalue weighted by molar-refractivity contribution is 7.11. The normalized spacial score (nSPS) is 17.2. The van der Waals surface area contributed by atoms with E-state index in [4.69, 9.17) is 4.84 Å². The molecule has 1 unspecified atom stereocenters. The molecule has 4 nitrogen and oxygen atoms in total. The highest BCUT2D eigenvalue weighted by Crippen LogP contribution is 2.29. The summed E-state index contributed by atoms with van der Waals surface area (Å²) in [6.45, 7) is -0.0550. The second-order valence-electron chi connectivity index (χ2n) is 5.23. The third-order valence-electron chi connectivity index (χ3n) is 3.70. The molecule has 1 aliphatic rings. The quantitative estimate of drug-likeness (QED) is 0.680. The number of nitrogens with zero attached hydrogens (tertiary/aromatic N) is 1. The maximum Gasteiger partial charge on any atom is 0.261 e. The molecule has 1 heterocycles. The van der Waals surface area contributed by atoms with Crippen LogP contribution in [0.2, 0.25) is 0 Å². The van der Waals surface area contributed by atoms with Crippen molar-refractivity contribution in [3.63, 3.8) is 0 Å². The molecular weight excluding hydrogens is 296 g/mol. The number of carbonyl (C=O) groups is 1. The number of nitrogens with one attached hydrogen (secondary N) is 1. The number of hydrogen-bond acceptors (Lipinski definition) is 4. The summed E-state index contributed by atoms with van der Waals surface area (Å²) in [7, 11) is 0. The van der Waals surface area contributed by atoms with E-state index in [2.05, 4.69) is 22.6 Å². The van der Waals surface area contributed by atoms with Crippen molar-refractivity contribution in [2.45, 2.75) is 25.3 Å². The molecule has 0 aliphatic heterocycles. The van der Waals surface area contributed by atoms with Crippen LogP contribution >= 0.6 is 11.3 Å². The fourth-order valence-corrected chi connectivity index (χ4v) is 3.26. The molecule has 1 aliphatic carbocycles. The van der Waals surface area contributed by atoms with Crippen molar-refractivity contribution in [3.8, 4) is 0 Å². The number of thiophene rings is 1. The van der Waals surface area contributed by atoms with Crippen molar-refractivity contribution >= 4 is 23.5 Å². The van der Waals surface area contributed by atoms with Crippen LogP contribution in [0.5, 0.6) is 0 Å². The van der Waals surface area contributed by atoms with Crippen LogP contribution in [0.4, 0.5) is 0 Å². The van der Waals surface area contributed by atoms with Crippen LogP contribution in [-0.2, 0) is 16.1 Å². The fourth-order valence-electron chi connectivity index (χ4n) is 2.69. The van der Waals surface area contributed by atoms with E-state index in [1.807, 2.05) is 29.6 Å². The Bertz CT molecular complexity index is 652. The van der Waals surface area contributed by atoms with Crippen LogP contribution in [0, 0.1) is 0 Å². The summed E-state index contributed by atoms with van der Waals surface area (Å²) in [4.78, 5) is 18.0. The van der Waals surface area contributed by atoms with E-state index < -0.39 is 0 Å². The standard InChI is InChI=1S/C17H18N2O2S/c20-17(12-21-18-11-14-7-4-10-22-14)19-16-9-3-6-13-5-1-2-8-15(13)16/h1-2,4-5,7-8,10-11,16H,3,6,9,12H2,(H,19,20)/b18-11+. The van der Waals surface area contributed by atoms with E-state index in [0.717, 1.165) is 24.1 Å². The Morgan fingerprint density at radius 2 is 2.27 bits per heavy atom. The SMILES string of the molecule is O=C(CO/N=C/c1cccs1)NC1CCCc2ccccc21. The number of fused-ring (bicyclic) bond motifs is 1. The second-order valence-corrected chi connectivity index (χ2v) is 6.21. The van der Waals surface area contributed by atoms with Crippen molar-refractivity contribution in [1.82, 2.24) is 5.32 Å². The Morgan fingerprint density at radius 1 is 1.36 bits per heavy atom. The third-order valence-corrected chi connectivity index (χ3v) is 4.50. The summed E-state index contributed by atoms with van der Waals surface area (Å²) in [5, 5.41) is 8.82. The topological polar surface area (TPSA) is 50.7 Å². The molecule has 1 aromatic carbocycles. The van der Waals surface area contributed by atoms with Crippen LogP contribution in [-0.4, -0.2) is 18.7 Å². The monoisotopic (exact) mass is 314 g/mol. The Labute approximate surface area is 133 Å². The first kappa shape index (κ1) is 14.8. The number of carbonyl (C=O) groups excluding carboxylic acids is 1. The zero-order valence-corrected chi connectivity index (χ0v) is 13.0. The molecule has 114 valence electrons. The van der Waals surface area contributed by atoms with E-state index in [9.17, 15) is 4.79 Å². The van der Waals surface area contributed by atoms with Gasteiger partial charge in [0.1, 0.15) is 0 Å². The molecule has 0 saturated heterocycles. The summed E-state index contributed by atoms with van der Waals surface area (Å²) in [6.07, 6.45) is 4.78.